The Bertz CT molecular complexity index is 383. The standard InChI is InChI=1S/C12H17F3N2O/c1-9-2-3-11(18-9)10(8-12(13,14)15)17-6-4-16-5-7-17/h2-3,10,16H,4-8H2,1H3/t10-/m0/s1. The van der Waals surface area contributed by atoms with Crippen LogP contribution in [0.25, 0.3) is 0 Å². The number of piperazine rings is 1. The van der Waals surface area contributed by atoms with Gasteiger partial charge in [0, 0.05) is 26.2 Å². The second-order valence-electron chi connectivity index (χ2n) is 4.57. The summed E-state index contributed by atoms with van der Waals surface area (Å²) in [6.45, 7) is 4.40. The summed E-state index contributed by atoms with van der Waals surface area (Å²) in [4.78, 5) is 1.84. The number of hydrogen-bond acceptors (Lipinski definition) is 3. The molecule has 0 bridgehead atoms. The van der Waals surface area contributed by atoms with Crippen molar-refractivity contribution in [3.8, 4) is 0 Å². The van der Waals surface area contributed by atoms with E-state index in [1.165, 1.54) is 0 Å². The SMILES string of the molecule is Cc1ccc([C@H](CC(F)(F)F)N2CCNCC2)o1. The number of aryl methyl sites for hydroxylation is 1. The highest BCUT2D eigenvalue weighted by Gasteiger charge is 2.37. The van der Waals surface area contributed by atoms with Crippen molar-refractivity contribution in [2.24, 2.45) is 0 Å². The molecule has 1 saturated heterocycles. The van der Waals surface area contributed by atoms with Crippen LogP contribution in [0.15, 0.2) is 16.5 Å². The van der Waals surface area contributed by atoms with Crippen molar-refractivity contribution in [1.82, 2.24) is 10.2 Å². The van der Waals surface area contributed by atoms with Crippen LogP contribution in [0.2, 0.25) is 0 Å². The van der Waals surface area contributed by atoms with Crippen LogP contribution >= 0.6 is 0 Å². The van der Waals surface area contributed by atoms with E-state index in [9.17, 15) is 13.2 Å². The third kappa shape index (κ3) is 3.49. The molecular weight excluding hydrogens is 245 g/mol. The normalized spacial score (nSPS) is 20.0. The lowest BCUT2D eigenvalue weighted by molar-refractivity contribution is -0.150. The number of halogens is 3. The van der Waals surface area contributed by atoms with E-state index in [1.54, 1.807) is 19.1 Å². The van der Waals surface area contributed by atoms with Gasteiger partial charge in [0.25, 0.3) is 0 Å². The monoisotopic (exact) mass is 262 g/mol. The molecule has 0 saturated carbocycles. The smallest absolute Gasteiger partial charge is 0.391 e. The lowest BCUT2D eigenvalue weighted by atomic mass is 10.1. The summed E-state index contributed by atoms with van der Waals surface area (Å²) in [7, 11) is 0. The summed E-state index contributed by atoms with van der Waals surface area (Å²) in [5, 5.41) is 3.14. The van der Waals surface area contributed by atoms with E-state index in [0.717, 1.165) is 0 Å². The topological polar surface area (TPSA) is 28.4 Å². The fraction of sp³-hybridized carbons (Fsp3) is 0.667. The molecule has 6 heteroatoms. The Morgan fingerprint density at radius 2 is 2.00 bits per heavy atom. The first-order chi connectivity index (χ1) is 8.46. The summed E-state index contributed by atoms with van der Waals surface area (Å²) >= 11 is 0. The molecule has 1 aromatic heterocycles. The van der Waals surface area contributed by atoms with Crippen molar-refractivity contribution in [3.05, 3.63) is 23.7 Å². The van der Waals surface area contributed by atoms with Gasteiger partial charge in [-0.1, -0.05) is 0 Å². The Hall–Kier alpha value is -1.01. The first kappa shape index (κ1) is 13.4. The van der Waals surface area contributed by atoms with Gasteiger partial charge in [0.15, 0.2) is 0 Å². The van der Waals surface area contributed by atoms with E-state index in [4.69, 9.17) is 4.42 Å². The number of nitrogens with zero attached hydrogens (tertiary/aromatic N) is 1. The van der Waals surface area contributed by atoms with E-state index < -0.39 is 18.6 Å². The summed E-state index contributed by atoms with van der Waals surface area (Å²) < 4.78 is 43.4. The van der Waals surface area contributed by atoms with Gasteiger partial charge in [-0.15, -0.1) is 0 Å². The van der Waals surface area contributed by atoms with Crippen LogP contribution in [0.4, 0.5) is 13.2 Å². The van der Waals surface area contributed by atoms with E-state index >= 15 is 0 Å². The van der Waals surface area contributed by atoms with E-state index in [-0.39, 0.29) is 0 Å². The fourth-order valence-electron chi connectivity index (χ4n) is 2.26. The van der Waals surface area contributed by atoms with E-state index in [0.29, 0.717) is 37.7 Å². The van der Waals surface area contributed by atoms with Crippen LogP contribution in [-0.4, -0.2) is 37.3 Å². The maximum Gasteiger partial charge on any atom is 0.391 e. The Balaban J connectivity index is 2.16. The largest absolute Gasteiger partial charge is 0.465 e. The quantitative estimate of drug-likeness (QED) is 0.907. The molecule has 0 aromatic carbocycles. The molecule has 3 nitrogen and oxygen atoms in total. The first-order valence-electron chi connectivity index (χ1n) is 6.03. The molecule has 1 aliphatic rings. The van der Waals surface area contributed by atoms with Crippen molar-refractivity contribution in [3.63, 3.8) is 0 Å². The summed E-state index contributed by atoms with van der Waals surface area (Å²) in [5.41, 5.74) is 0. The number of alkyl halides is 3. The molecule has 2 rings (SSSR count). The molecule has 1 N–H and O–H groups in total. The van der Waals surface area contributed by atoms with Gasteiger partial charge in [0.05, 0.1) is 12.5 Å². The van der Waals surface area contributed by atoms with Crippen molar-refractivity contribution < 1.29 is 17.6 Å². The van der Waals surface area contributed by atoms with E-state index in [2.05, 4.69) is 5.32 Å². The predicted octanol–water partition coefficient (Wildman–Crippen LogP) is 2.49. The fourth-order valence-corrected chi connectivity index (χ4v) is 2.26. The Morgan fingerprint density at radius 1 is 1.33 bits per heavy atom. The van der Waals surface area contributed by atoms with Gasteiger partial charge < -0.3 is 9.73 Å². The van der Waals surface area contributed by atoms with Gasteiger partial charge in [-0.05, 0) is 19.1 Å². The van der Waals surface area contributed by atoms with Gasteiger partial charge in [0.1, 0.15) is 11.5 Å². The van der Waals surface area contributed by atoms with Crippen LogP contribution < -0.4 is 5.32 Å². The van der Waals surface area contributed by atoms with Gasteiger partial charge in [-0.3, -0.25) is 4.90 Å². The van der Waals surface area contributed by atoms with Crippen molar-refractivity contribution in [2.75, 3.05) is 26.2 Å². The molecular formula is C12H17F3N2O. The number of nitrogens with one attached hydrogen (secondary N) is 1. The number of hydrogen-bond donors (Lipinski definition) is 1. The molecule has 1 atom stereocenters. The van der Waals surface area contributed by atoms with Gasteiger partial charge in [-0.25, -0.2) is 0 Å². The highest BCUT2D eigenvalue weighted by Crippen LogP contribution is 2.34. The summed E-state index contributed by atoms with van der Waals surface area (Å²) in [6.07, 6.45) is -5.05. The Labute approximate surface area is 104 Å². The van der Waals surface area contributed by atoms with Gasteiger partial charge in [-0.2, -0.15) is 13.2 Å². The zero-order chi connectivity index (χ0) is 13.2. The Kier molecular flexibility index (Phi) is 3.97. The third-order valence-corrected chi connectivity index (χ3v) is 3.11. The molecule has 1 fully saturated rings. The molecule has 102 valence electrons. The average Bonchev–Trinajstić information content (AvgIpc) is 2.73. The molecule has 2 heterocycles. The zero-order valence-electron chi connectivity index (χ0n) is 10.3. The highest BCUT2D eigenvalue weighted by atomic mass is 19.4. The average molecular weight is 262 g/mol. The molecule has 1 aliphatic heterocycles. The zero-order valence-corrected chi connectivity index (χ0v) is 10.3. The number of furan rings is 1. The summed E-state index contributed by atoms with van der Waals surface area (Å²) in [6, 6.07) is 2.65. The minimum atomic E-state index is -4.18. The number of rotatable bonds is 3. The second kappa shape index (κ2) is 5.32. The maximum atomic E-state index is 12.7. The molecule has 0 spiro atoms. The van der Waals surface area contributed by atoms with Crippen LogP contribution in [0.3, 0.4) is 0 Å². The first-order valence-corrected chi connectivity index (χ1v) is 6.03. The maximum absolute atomic E-state index is 12.7. The van der Waals surface area contributed by atoms with Crippen molar-refractivity contribution in [2.45, 2.75) is 25.6 Å². The lowest BCUT2D eigenvalue weighted by Gasteiger charge is -2.34. The molecule has 0 unspecified atom stereocenters. The lowest BCUT2D eigenvalue weighted by Crippen LogP contribution is -2.46. The minimum absolute atomic E-state index is 0.409. The third-order valence-electron chi connectivity index (χ3n) is 3.11. The van der Waals surface area contributed by atoms with Gasteiger partial charge >= 0.3 is 6.18 Å². The van der Waals surface area contributed by atoms with Crippen molar-refractivity contribution >= 4 is 0 Å². The molecule has 1 aromatic rings. The Morgan fingerprint density at radius 3 is 2.50 bits per heavy atom. The molecule has 18 heavy (non-hydrogen) atoms. The summed E-state index contributed by atoms with van der Waals surface area (Å²) in [5.74, 6) is 1.05. The van der Waals surface area contributed by atoms with Crippen molar-refractivity contribution in [1.29, 1.82) is 0 Å². The van der Waals surface area contributed by atoms with Crippen LogP contribution in [0.1, 0.15) is 24.0 Å². The minimum Gasteiger partial charge on any atom is -0.465 e. The second-order valence-corrected chi connectivity index (χ2v) is 4.57. The van der Waals surface area contributed by atoms with Crippen LogP contribution in [0, 0.1) is 6.92 Å². The highest BCUT2D eigenvalue weighted by molar-refractivity contribution is 5.10. The van der Waals surface area contributed by atoms with Crippen LogP contribution in [0.5, 0.6) is 0 Å². The predicted molar refractivity (Wildman–Crippen MR) is 61.3 cm³/mol. The molecule has 0 radical (unpaired) electrons. The molecule has 0 amide bonds. The van der Waals surface area contributed by atoms with E-state index in [1.807, 2.05) is 4.90 Å². The van der Waals surface area contributed by atoms with Gasteiger partial charge in [0.2, 0.25) is 0 Å². The van der Waals surface area contributed by atoms with Crippen LogP contribution in [-0.2, 0) is 0 Å². The molecule has 0 aliphatic carbocycles.